The van der Waals surface area contributed by atoms with Gasteiger partial charge in [-0.2, -0.15) is 0 Å². The number of amidine groups is 1. The molecule has 0 bridgehead atoms. The van der Waals surface area contributed by atoms with Crippen LogP contribution < -0.4 is 5.73 Å². The van der Waals surface area contributed by atoms with E-state index in [0.717, 1.165) is 11.4 Å². The van der Waals surface area contributed by atoms with Crippen LogP contribution in [0.5, 0.6) is 0 Å². The number of benzene rings is 1. The monoisotopic (exact) mass is 261 g/mol. The number of aromatic nitrogens is 3. The van der Waals surface area contributed by atoms with E-state index >= 15 is 0 Å². The molecule has 6 heteroatoms. The van der Waals surface area contributed by atoms with Crippen molar-refractivity contribution in [1.82, 2.24) is 15.2 Å². The van der Waals surface area contributed by atoms with E-state index in [0.29, 0.717) is 10.9 Å². The minimum absolute atomic E-state index is 0.102. The summed E-state index contributed by atoms with van der Waals surface area (Å²) >= 11 is 1.50. The van der Waals surface area contributed by atoms with Crippen LogP contribution in [0.25, 0.3) is 0 Å². The molecule has 2 aromatic rings. The molecule has 0 aliphatic heterocycles. The number of rotatable bonds is 5. The Labute approximate surface area is 110 Å². The Morgan fingerprint density at radius 2 is 2.17 bits per heavy atom. The number of hydrogen-bond acceptors (Lipinski definition) is 4. The lowest BCUT2D eigenvalue weighted by Crippen LogP contribution is -2.22. The number of nitrogens with zero attached hydrogens (tertiary/aromatic N) is 2. The molecule has 0 aliphatic rings. The molecule has 2 rings (SSSR count). The molecule has 4 N–H and O–H groups in total. The third-order valence-electron chi connectivity index (χ3n) is 2.53. The zero-order valence-corrected chi connectivity index (χ0v) is 10.9. The van der Waals surface area contributed by atoms with Crippen LogP contribution in [0.1, 0.15) is 17.3 Å². The normalized spacial score (nSPS) is 12.3. The molecule has 1 aromatic heterocycles. The summed E-state index contributed by atoms with van der Waals surface area (Å²) in [6, 6.07) is 9.82. The van der Waals surface area contributed by atoms with Gasteiger partial charge in [0, 0.05) is 5.75 Å². The van der Waals surface area contributed by atoms with Gasteiger partial charge in [-0.3, -0.25) is 10.5 Å². The van der Waals surface area contributed by atoms with Crippen molar-refractivity contribution in [2.24, 2.45) is 5.73 Å². The van der Waals surface area contributed by atoms with Crippen molar-refractivity contribution >= 4 is 17.6 Å². The fourth-order valence-electron chi connectivity index (χ4n) is 1.60. The Balaban J connectivity index is 2.06. The van der Waals surface area contributed by atoms with Gasteiger partial charge in [0.2, 0.25) is 5.16 Å². The van der Waals surface area contributed by atoms with Crippen molar-refractivity contribution in [3.05, 3.63) is 41.7 Å². The second-order valence-electron chi connectivity index (χ2n) is 3.93. The average molecular weight is 261 g/mol. The molecule has 0 radical (unpaired) electrons. The second-order valence-corrected chi connectivity index (χ2v) is 4.92. The van der Waals surface area contributed by atoms with Crippen LogP contribution in [0.4, 0.5) is 0 Å². The number of nitrogens with one attached hydrogen (secondary N) is 2. The first-order valence-electron chi connectivity index (χ1n) is 5.57. The lowest BCUT2D eigenvalue weighted by molar-refractivity contribution is 0.955. The fraction of sp³-hybridized carbons (Fsp3) is 0.250. The molecule has 0 saturated heterocycles. The van der Waals surface area contributed by atoms with E-state index in [1.807, 2.05) is 37.3 Å². The highest BCUT2D eigenvalue weighted by Gasteiger charge is 2.16. The molecule has 0 spiro atoms. The molecule has 1 aromatic carbocycles. The first-order chi connectivity index (χ1) is 8.66. The molecule has 0 fully saturated rings. The van der Waals surface area contributed by atoms with Gasteiger partial charge in [0.15, 0.2) is 0 Å². The second kappa shape index (κ2) is 5.68. The van der Waals surface area contributed by atoms with E-state index in [2.05, 4.69) is 15.2 Å². The SMILES string of the molecule is Cc1nc(SCC(C(=N)N)c2ccccc2)n[nH]1. The third-order valence-corrected chi connectivity index (χ3v) is 3.47. The summed E-state index contributed by atoms with van der Waals surface area (Å²) in [6.45, 7) is 1.86. The zero-order valence-electron chi connectivity index (χ0n) is 10.1. The van der Waals surface area contributed by atoms with Crippen molar-refractivity contribution in [1.29, 1.82) is 5.41 Å². The number of H-pyrrole nitrogens is 1. The number of nitrogens with two attached hydrogens (primary N) is 1. The summed E-state index contributed by atoms with van der Waals surface area (Å²) in [5, 5.41) is 15.2. The van der Waals surface area contributed by atoms with Gasteiger partial charge >= 0.3 is 0 Å². The van der Waals surface area contributed by atoms with E-state index in [-0.39, 0.29) is 11.8 Å². The lowest BCUT2D eigenvalue weighted by atomic mass is 10.0. The van der Waals surface area contributed by atoms with E-state index < -0.39 is 0 Å². The number of aryl methyl sites for hydroxylation is 1. The first kappa shape index (κ1) is 12.6. The van der Waals surface area contributed by atoms with E-state index in [1.165, 1.54) is 11.8 Å². The average Bonchev–Trinajstić information content (AvgIpc) is 2.76. The van der Waals surface area contributed by atoms with E-state index in [9.17, 15) is 0 Å². The number of thioether (sulfide) groups is 1. The highest BCUT2D eigenvalue weighted by atomic mass is 32.2. The van der Waals surface area contributed by atoms with Crippen LogP contribution in [-0.4, -0.2) is 26.8 Å². The smallest absolute Gasteiger partial charge is 0.208 e. The predicted molar refractivity (Wildman–Crippen MR) is 72.9 cm³/mol. The molecular weight excluding hydrogens is 246 g/mol. The molecule has 1 atom stereocenters. The van der Waals surface area contributed by atoms with Crippen LogP contribution in [0, 0.1) is 12.3 Å². The molecule has 0 amide bonds. The van der Waals surface area contributed by atoms with Crippen LogP contribution in [0.15, 0.2) is 35.5 Å². The minimum Gasteiger partial charge on any atom is -0.387 e. The topological polar surface area (TPSA) is 91.4 Å². The summed E-state index contributed by atoms with van der Waals surface area (Å²) in [6.07, 6.45) is 0. The molecule has 1 unspecified atom stereocenters. The Kier molecular flexibility index (Phi) is 3.99. The van der Waals surface area contributed by atoms with Crippen LogP contribution in [0.2, 0.25) is 0 Å². The summed E-state index contributed by atoms with van der Waals surface area (Å²) in [5.74, 6) is 1.52. The van der Waals surface area contributed by atoms with Gasteiger partial charge in [-0.15, -0.1) is 5.10 Å². The maximum atomic E-state index is 7.68. The van der Waals surface area contributed by atoms with Gasteiger partial charge in [0.25, 0.3) is 0 Å². The Hall–Kier alpha value is -1.82. The lowest BCUT2D eigenvalue weighted by Gasteiger charge is -2.14. The number of hydrogen-bond donors (Lipinski definition) is 3. The van der Waals surface area contributed by atoms with Gasteiger partial charge in [-0.05, 0) is 12.5 Å². The quantitative estimate of drug-likeness (QED) is 0.435. The summed E-state index contributed by atoms with van der Waals surface area (Å²) in [7, 11) is 0. The maximum Gasteiger partial charge on any atom is 0.208 e. The zero-order chi connectivity index (χ0) is 13.0. The van der Waals surface area contributed by atoms with Crippen LogP contribution >= 0.6 is 11.8 Å². The molecule has 1 heterocycles. The highest BCUT2D eigenvalue weighted by molar-refractivity contribution is 7.99. The van der Waals surface area contributed by atoms with Gasteiger partial charge in [-0.1, -0.05) is 42.1 Å². The van der Waals surface area contributed by atoms with Crippen molar-refractivity contribution in [2.45, 2.75) is 18.0 Å². The summed E-state index contributed by atoms with van der Waals surface area (Å²) in [5.41, 5.74) is 6.71. The standard InChI is InChI=1S/C12H15N5S/c1-8-15-12(17-16-8)18-7-10(11(13)14)9-5-3-2-4-6-9/h2-6,10H,7H2,1H3,(H3,13,14)(H,15,16,17). The van der Waals surface area contributed by atoms with Crippen molar-refractivity contribution < 1.29 is 0 Å². The number of aromatic amines is 1. The molecule has 18 heavy (non-hydrogen) atoms. The van der Waals surface area contributed by atoms with Crippen molar-refractivity contribution in [3.63, 3.8) is 0 Å². The van der Waals surface area contributed by atoms with Crippen LogP contribution in [0.3, 0.4) is 0 Å². The van der Waals surface area contributed by atoms with Gasteiger partial charge in [-0.25, -0.2) is 4.98 Å². The fourth-order valence-corrected chi connectivity index (χ4v) is 2.59. The van der Waals surface area contributed by atoms with Gasteiger partial charge < -0.3 is 5.73 Å². The minimum atomic E-state index is -0.102. The van der Waals surface area contributed by atoms with E-state index in [1.54, 1.807) is 0 Å². The molecule has 0 saturated carbocycles. The predicted octanol–water partition coefficient (Wildman–Crippen LogP) is 1.92. The van der Waals surface area contributed by atoms with E-state index in [4.69, 9.17) is 11.1 Å². The van der Waals surface area contributed by atoms with Crippen molar-refractivity contribution in [3.8, 4) is 0 Å². The maximum absolute atomic E-state index is 7.68. The first-order valence-corrected chi connectivity index (χ1v) is 6.56. The summed E-state index contributed by atoms with van der Waals surface area (Å²) < 4.78 is 0. The molecule has 5 nitrogen and oxygen atoms in total. The van der Waals surface area contributed by atoms with Crippen molar-refractivity contribution in [2.75, 3.05) is 5.75 Å². The molecular formula is C12H15N5S. The van der Waals surface area contributed by atoms with Gasteiger partial charge in [0.05, 0.1) is 11.8 Å². The molecule has 94 valence electrons. The Morgan fingerprint density at radius 1 is 1.44 bits per heavy atom. The highest BCUT2D eigenvalue weighted by Crippen LogP contribution is 2.24. The molecule has 0 aliphatic carbocycles. The Morgan fingerprint density at radius 3 is 2.72 bits per heavy atom. The summed E-state index contributed by atoms with van der Waals surface area (Å²) in [4.78, 5) is 4.22. The largest absolute Gasteiger partial charge is 0.387 e. The van der Waals surface area contributed by atoms with Gasteiger partial charge in [0.1, 0.15) is 5.82 Å². The van der Waals surface area contributed by atoms with Crippen LogP contribution in [-0.2, 0) is 0 Å². The Bertz CT molecular complexity index is 522. The third kappa shape index (κ3) is 3.10.